The van der Waals surface area contributed by atoms with E-state index in [9.17, 15) is 0 Å². The van der Waals surface area contributed by atoms with Gasteiger partial charge in [-0.15, -0.1) is 0 Å². The number of halogens is 1. The van der Waals surface area contributed by atoms with E-state index in [1.807, 2.05) is 0 Å². The van der Waals surface area contributed by atoms with E-state index in [-0.39, 0.29) is 6.23 Å². The maximum Gasteiger partial charge on any atom is 0.134 e. The highest BCUT2D eigenvalue weighted by molar-refractivity contribution is 9.10. The largest absolute Gasteiger partial charge is 0.358 e. The third-order valence-corrected chi connectivity index (χ3v) is 3.39. The van der Waals surface area contributed by atoms with E-state index in [4.69, 9.17) is 4.74 Å². The quantitative estimate of drug-likeness (QED) is 0.767. The van der Waals surface area contributed by atoms with Gasteiger partial charge in [-0.3, -0.25) is 0 Å². The first-order valence-corrected chi connectivity index (χ1v) is 6.01. The summed E-state index contributed by atoms with van der Waals surface area (Å²) in [4.78, 5) is 0. The van der Waals surface area contributed by atoms with E-state index in [1.165, 1.54) is 17.3 Å². The molecular weight excluding hydrogens is 254 g/mol. The lowest BCUT2D eigenvalue weighted by Gasteiger charge is -2.13. The van der Waals surface area contributed by atoms with Crippen LogP contribution < -0.4 is 0 Å². The van der Waals surface area contributed by atoms with Crippen LogP contribution >= 0.6 is 15.9 Å². The first-order valence-electron chi connectivity index (χ1n) is 5.22. The Morgan fingerprint density at radius 3 is 3.07 bits per heavy atom. The van der Waals surface area contributed by atoms with Crippen molar-refractivity contribution in [2.45, 2.75) is 19.1 Å². The van der Waals surface area contributed by atoms with Crippen molar-refractivity contribution >= 4 is 26.8 Å². The predicted octanol–water partition coefficient (Wildman–Crippen LogP) is 3.71. The molecule has 1 saturated heterocycles. The van der Waals surface area contributed by atoms with Gasteiger partial charge < -0.3 is 9.30 Å². The van der Waals surface area contributed by atoms with Gasteiger partial charge in [0.2, 0.25) is 0 Å². The van der Waals surface area contributed by atoms with Gasteiger partial charge in [-0.05, 0) is 36.4 Å². The summed E-state index contributed by atoms with van der Waals surface area (Å²) in [5.74, 6) is 0. The van der Waals surface area contributed by atoms with Crippen LogP contribution in [0, 0.1) is 0 Å². The zero-order valence-corrected chi connectivity index (χ0v) is 9.90. The summed E-state index contributed by atoms with van der Waals surface area (Å²) in [7, 11) is 0. The molecule has 1 fully saturated rings. The molecule has 0 amide bonds. The van der Waals surface area contributed by atoms with Crippen LogP contribution in [0.4, 0.5) is 0 Å². The molecule has 0 aliphatic carbocycles. The number of benzene rings is 1. The molecule has 2 heterocycles. The van der Waals surface area contributed by atoms with E-state index in [2.05, 4.69) is 51.0 Å². The van der Waals surface area contributed by atoms with Crippen molar-refractivity contribution in [2.75, 3.05) is 6.61 Å². The monoisotopic (exact) mass is 265 g/mol. The van der Waals surface area contributed by atoms with Crippen molar-refractivity contribution in [2.24, 2.45) is 0 Å². The summed E-state index contributed by atoms with van der Waals surface area (Å²) in [6.45, 7) is 0.887. The van der Waals surface area contributed by atoms with Crippen LogP contribution in [0.5, 0.6) is 0 Å². The average Bonchev–Trinajstić information content (AvgIpc) is 2.83. The average molecular weight is 266 g/mol. The number of aromatic nitrogens is 1. The topological polar surface area (TPSA) is 14.2 Å². The standard InChI is InChI=1S/C12H12BrNO/c13-10-4-3-9-5-6-14(11(9)8-10)12-2-1-7-15-12/h3-6,8,12H,1-2,7H2. The fourth-order valence-corrected chi connectivity index (χ4v) is 2.50. The molecule has 1 aliphatic heterocycles. The molecule has 1 aliphatic rings. The van der Waals surface area contributed by atoms with E-state index in [0.717, 1.165) is 17.5 Å². The van der Waals surface area contributed by atoms with Gasteiger partial charge in [0.05, 0.1) is 5.52 Å². The summed E-state index contributed by atoms with van der Waals surface area (Å²) in [6.07, 6.45) is 4.64. The third-order valence-electron chi connectivity index (χ3n) is 2.90. The van der Waals surface area contributed by atoms with Crippen LogP contribution in [-0.4, -0.2) is 11.2 Å². The Morgan fingerprint density at radius 1 is 1.33 bits per heavy atom. The van der Waals surface area contributed by atoms with Gasteiger partial charge in [-0.1, -0.05) is 22.0 Å². The van der Waals surface area contributed by atoms with Crippen LogP contribution in [0.2, 0.25) is 0 Å². The SMILES string of the molecule is Brc1ccc2ccn(C3CCCO3)c2c1. The van der Waals surface area contributed by atoms with Crippen LogP contribution in [-0.2, 0) is 4.74 Å². The lowest BCUT2D eigenvalue weighted by Crippen LogP contribution is -2.05. The molecule has 2 nitrogen and oxygen atoms in total. The molecule has 1 aromatic heterocycles. The lowest BCUT2D eigenvalue weighted by atomic mass is 10.2. The molecule has 3 heteroatoms. The first kappa shape index (κ1) is 9.43. The molecule has 0 saturated carbocycles. The number of hydrogen-bond acceptors (Lipinski definition) is 1. The van der Waals surface area contributed by atoms with E-state index in [1.54, 1.807) is 0 Å². The molecule has 2 aromatic rings. The third kappa shape index (κ3) is 1.60. The molecule has 1 unspecified atom stereocenters. The lowest BCUT2D eigenvalue weighted by molar-refractivity contribution is 0.0601. The van der Waals surface area contributed by atoms with Gasteiger partial charge in [-0.2, -0.15) is 0 Å². The Hall–Kier alpha value is -0.800. The van der Waals surface area contributed by atoms with E-state index >= 15 is 0 Å². The second kappa shape index (κ2) is 3.65. The second-order valence-electron chi connectivity index (χ2n) is 3.89. The van der Waals surface area contributed by atoms with Crippen molar-refractivity contribution in [3.8, 4) is 0 Å². The smallest absolute Gasteiger partial charge is 0.134 e. The zero-order valence-electron chi connectivity index (χ0n) is 8.32. The minimum Gasteiger partial charge on any atom is -0.358 e. The highest BCUT2D eigenvalue weighted by Crippen LogP contribution is 2.29. The maximum atomic E-state index is 5.69. The number of fused-ring (bicyclic) bond motifs is 1. The summed E-state index contributed by atoms with van der Waals surface area (Å²) in [5, 5.41) is 1.27. The van der Waals surface area contributed by atoms with E-state index in [0.29, 0.717) is 0 Å². The van der Waals surface area contributed by atoms with Crippen molar-refractivity contribution in [3.63, 3.8) is 0 Å². The van der Waals surface area contributed by atoms with E-state index < -0.39 is 0 Å². The number of nitrogens with zero attached hydrogens (tertiary/aromatic N) is 1. The Kier molecular flexibility index (Phi) is 2.29. The van der Waals surface area contributed by atoms with Crippen molar-refractivity contribution in [3.05, 3.63) is 34.9 Å². The molecule has 1 atom stereocenters. The van der Waals surface area contributed by atoms with Gasteiger partial charge in [0.25, 0.3) is 0 Å². The van der Waals surface area contributed by atoms with Crippen LogP contribution in [0.15, 0.2) is 34.9 Å². The zero-order chi connectivity index (χ0) is 10.3. The van der Waals surface area contributed by atoms with Gasteiger partial charge in [-0.25, -0.2) is 0 Å². The molecule has 3 rings (SSSR count). The van der Waals surface area contributed by atoms with Crippen LogP contribution in [0.3, 0.4) is 0 Å². The Bertz CT molecular complexity index is 485. The minimum atomic E-state index is 0.233. The first-order chi connectivity index (χ1) is 7.34. The fraction of sp³-hybridized carbons (Fsp3) is 0.333. The summed E-state index contributed by atoms with van der Waals surface area (Å²) in [5.41, 5.74) is 1.25. The van der Waals surface area contributed by atoms with Crippen LogP contribution in [0.1, 0.15) is 19.1 Å². The van der Waals surface area contributed by atoms with Crippen molar-refractivity contribution in [1.82, 2.24) is 4.57 Å². The van der Waals surface area contributed by atoms with Gasteiger partial charge in [0, 0.05) is 17.3 Å². The molecule has 0 spiro atoms. The molecule has 15 heavy (non-hydrogen) atoms. The molecule has 1 aromatic carbocycles. The van der Waals surface area contributed by atoms with Gasteiger partial charge in [0.15, 0.2) is 0 Å². The molecule has 0 bridgehead atoms. The fourth-order valence-electron chi connectivity index (χ4n) is 2.15. The van der Waals surface area contributed by atoms with Gasteiger partial charge >= 0.3 is 0 Å². The minimum absolute atomic E-state index is 0.233. The molecule has 0 N–H and O–H groups in total. The Labute approximate surface area is 97.0 Å². The van der Waals surface area contributed by atoms with Crippen molar-refractivity contribution in [1.29, 1.82) is 0 Å². The Balaban J connectivity index is 2.13. The summed E-state index contributed by atoms with van der Waals surface area (Å²) >= 11 is 3.51. The maximum absolute atomic E-state index is 5.69. The Morgan fingerprint density at radius 2 is 2.27 bits per heavy atom. The highest BCUT2D eigenvalue weighted by atomic mass is 79.9. The molecule has 78 valence electrons. The number of ether oxygens (including phenoxy) is 1. The number of rotatable bonds is 1. The highest BCUT2D eigenvalue weighted by Gasteiger charge is 2.18. The molecule has 0 radical (unpaired) electrons. The molecular formula is C12H12BrNO. The van der Waals surface area contributed by atoms with Crippen LogP contribution in [0.25, 0.3) is 10.9 Å². The second-order valence-corrected chi connectivity index (χ2v) is 4.81. The van der Waals surface area contributed by atoms with Gasteiger partial charge in [0.1, 0.15) is 6.23 Å². The van der Waals surface area contributed by atoms with Crippen molar-refractivity contribution < 1.29 is 4.74 Å². The number of hydrogen-bond donors (Lipinski definition) is 0. The predicted molar refractivity (Wildman–Crippen MR) is 63.9 cm³/mol. The summed E-state index contributed by atoms with van der Waals surface area (Å²) in [6, 6.07) is 8.49. The normalized spacial score (nSPS) is 21.3. The summed E-state index contributed by atoms with van der Waals surface area (Å²) < 4.78 is 9.04.